The number of carbonyl (C=O) groups is 1. The summed E-state index contributed by atoms with van der Waals surface area (Å²) in [5.74, 6) is 5.79. The second-order valence-electron chi connectivity index (χ2n) is 7.15. The van der Waals surface area contributed by atoms with Crippen molar-refractivity contribution < 1.29 is 9.18 Å². The molecule has 3 heterocycles. The molecule has 2 amide bonds. The zero-order chi connectivity index (χ0) is 21.9. The van der Waals surface area contributed by atoms with E-state index in [1.807, 2.05) is 24.3 Å². The van der Waals surface area contributed by atoms with E-state index in [1.54, 1.807) is 47.4 Å². The lowest BCUT2D eigenvalue weighted by molar-refractivity contribution is 0.200. The number of hydrogen-bond acceptors (Lipinski definition) is 4. The van der Waals surface area contributed by atoms with Crippen LogP contribution in [0.4, 0.5) is 14.9 Å². The van der Waals surface area contributed by atoms with E-state index in [4.69, 9.17) is 0 Å². The highest BCUT2D eigenvalue weighted by atomic mass is 19.1. The lowest BCUT2D eigenvalue weighted by Crippen LogP contribution is -2.31. The minimum atomic E-state index is -0.399. The number of nitrogens with one attached hydrogen (secondary N) is 1. The Morgan fingerprint density at radius 2 is 2.00 bits per heavy atom. The van der Waals surface area contributed by atoms with Gasteiger partial charge in [0.1, 0.15) is 11.5 Å². The average molecular weight is 424 g/mol. The minimum absolute atomic E-state index is 0.345. The van der Waals surface area contributed by atoms with Gasteiger partial charge in [0.25, 0.3) is 0 Å². The quantitative estimate of drug-likeness (QED) is 0.489. The molecule has 1 aliphatic rings. The van der Waals surface area contributed by atoms with Crippen LogP contribution in [0.25, 0.3) is 5.65 Å². The van der Waals surface area contributed by atoms with Crippen LogP contribution >= 0.6 is 0 Å². The van der Waals surface area contributed by atoms with Crippen molar-refractivity contribution in [1.29, 1.82) is 0 Å². The third-order valence-corrected chi connectivity index (χ3v) is 5.00. The molecule has 0 saturated carbocycles. The molecule has 0 unspecified atom stereocenters. The molecule has 5 rings (SSSR count). The molecule has 0 fully saturated rings. The number of imidazole rings is 1. The summed E-state index contributed by atoms with van der Waals surface area (Å²) in [6, 6.07) is 16.3. The van der Waals surface area contributed by atoms with Crippen LogP contribution in [0.15, 0.2) is 78.2 Å². The van der Waals surface area contributed by atoms with Gasteiger partial charge in [-0.25, -0.2) is 23.7 Å². The molecule has 8 heteroatoms. The fourth-order valence-corrected chi connectivity index (χ4v) is 3.51. The molecule has 4 aromatic rings. The van der Waals surface area contributed by atoms with Crippen LogP contribution in [0.2, 0.25) is 0 Å². The van der Waals surface area contributed by atoms with Crippen molar-refractivity contribution in [2.75, 3.05) is 5.32 Å². The van der Waals surface area contributed by atoms with Gasteiger partial charge < -0.3 is 5.32 Å². The number of nitrogens with zero attached hydrogens (tertiary/aromatic N) is 5. The first kappa shape index (κ1) is 19.5. The van der Waals surface area contributed by atoms with E-state index in [0.29, 0.717) is 23.4 Å². The summed E-state index contributed by atoms with van der Waals surface area (Å²) < 4.78 is 15.3. The van der Waals surface area contributed by atoms with Gasteiger partial charge in [-0.15, -0.1) is 0 Å². The van der Waals surface area contributed by atoms with E-state index >= 15 is 0 Å². The van der Waals surface area contributed by atoms with Crippen LogP contribution in [0, 0.1) is 17.7 Å². The number of anilines is 1. The Labute approximate surface area is 183 Å². The third-order valence-electron chi connectivity index (χ3n) is 5.00. The van der Waals surface area contributed by atoms with Crippen molar-refractivity contribution in [2.24, 2.45) is 5.10 Å². The number of rotatable bonds is 2. The van der Waals surface area contributed by atoms with Gasteiger partial charge in [-0.1, -0.05) is 24.1 Å². The predicted octanol–water partition coefficient (Wildman–Crippen LogP) is 4.23. The molecule has 0 aliphatic carbocycles. The average Bonchev–Trinajstić information content (AvgIpc) is 3.46. The first-order chi connectivity index (χ1) is 15.7. The number of benzene rings is 2. The molecule has 1 atom stereocenters. The van der Waals surface area contributed by atoms with Crippen LogP contribution in [0.3, 0.4) is 0 Å². The molecular formula is C24H17FN6O. The van der Waals surface area contributed by atoms with Gasteiger partial charge in [-0.2, -0.15) is 10.2 Å². The summed E-state index contributed by atoms with van der Waals surface area (Å²) in [7, 11) is 0. The largest absolute Gasteiger partial charge is 0.342 e. The number of hydrazone groups is 1. The minimum Gasteiger partial charge on any atom is -0.306 e. The normalized spacial score (nSPS) is 14.9. The summed E-state index contributed by atoms with van der Waals surface area (Å²) in [6.07, 6.45) is 5.52. The lowest BCUT2D eigenvalue weighted by Gasteiger charge is -2.22. The Balaban J connectivity index is 1.33. The fraction of sp³-hybridized carbons (Fsp3) is 0.0833. The summed E-state index contributed by atoms with van der Waals surface area (Å²) in [5, 5.41) is 12.6. The van der Waals surface area contributed by atoms with Crippen molar-refractivity contribution >= 4 is 23.6 Å². The summed E-state index contributed by atoms with van der Waals surface area (Å²) in [5.41, 5.74) is 3.38. The molecule has 0 saturated heterocycles. The van der Waals surface area contributed by atoms with Gasteiger partial charge in [0.2, 0.25) is 0 Å². The van der Waals surface area contributed by atoms with E-state index < -0.39 is 6.03 Å². The van der Waals surface area contributed by atoms with Gasteiger partial charge in [0.05, 0.1) is 12.2 Å². The van der Waals surface area contributed by atoms with Gasteiger partial charge >= 0.3 is 6.03 Å². The van der Waals surface area contributed by atoms with Crippen LogP contribution in [-0.2, 0) is 0 Å². The molecule has 2 aromatic carbocycles. The SMILES string of the molecule is O=C(Nc1cccc(C#Cc2cnc3cccnn23)c1)N1N=CC[C@@H]1c1cccc(F)c1. The Morgan fingerprint density at radius 3 is 2.91 bits per heavy atom. The highest BCUT2D eigenvalue weighted by Gasteiger charge is 2.28. The van der Waals surface area contributed by atoms with Crippen LogP contribution in [0.1, 0.15) is 29.3 Å². The zero-order valence-corrected chi connectivity index (χ0v) is 16.8. The maximum absolute atomic E-state index is 13.6. The molecule has 7 nitrogen and oxygen atoms in total. The van der Waals surface area contributed by atoms with E-state index in [0.717, 1.165) is 11.2 Å². The number of fused-ring (bicyclic) bond motifs is 1. The molecule has 2 aromatic heterocycles. The standard InChI is InChI=1S/C24H17FN6O/c25-19-6-2-5-18(15-19)22-11-13-28-31(22)24(32)29-20-7-1-4-17(14-20)9-10-21-16-26-23-8-3-12-27-30(21)23/h1-8,12-16,22H,11H2,(H,29,32)/t22-/m1/s1. The number of hydrogen-bond donors (Lipinski definition) is 1. The van der Waals surface area contributed by atoms with Crippen LogP contribution in [-0.4, -0.2) is 31.9 Å². The molecule has 1 N–H and O–H groups in total. The van der Waals surface area contributed by atoms with Crippen molar-refractivity contribution in [2.45, 2.75) is 12.5 Å². The molecule has 0 bridgehead atoms. The first-order valence-electron chi connectivity index (χ1n) is 9.96. The van der Waals surface area contributed by atoms with E-state index in [9.17, 15) is 9.18 Å². The predicted molar refractivity (Wildman–Crippen MR) is 119 cm³/mol. The van der Waals surface area contributed by atoms with Crippen molar-refractivity contribution in [3.8, 4) is 11.8 Å². The molecule has 156 valence electrons. The second kappa shape index (κ2) is 8.32. The Kier molecular flexibility index (Phi) is 5.06. The maximum atomic E-state index is 13.6. The smallest absolute Gasteiger partial charge is 0.306 e. The van der Waals surface area contributed by atoms with Gasteiger partial charge in [0.15, 0.2) is 5.65 Å². The Bertz CT molecular complexity index is 1400. The van der Waals surface area contributed by atoms with E-state index in [2.05, 4.69) is 32.3 Å². The molecule has 0 spiro atoms. The highest BCUT2D eigenvalue weighted by Crippen LogP contribution is 2.29. The topological polar surface area (TPSA) is 74.9 Å². The zero-order valence-electron chi connectivity index (χ0n) is 16.8. The van der Waals surface area contributed by atoms with Crippen molar-refractivity contribution in [3.05, 3.63) is 95.7 Å². The van der Waals surface area contributed by atoms with Gasteiger partial charge in [0, 0.05) is 30.1 Å². The number of halogens is 1. The molecule has 1 aliphatic heterocycles. The second-order valence-corrected chi connectivity index (χ2v) is 7.15. The summed E-state index contributed by atoms with van der Waals surface area (Å²) >= 11 is 0. The Hall–Kier alpha value is -4.51. The summed E-state index contributed by atoms with van der Waals surface area (Å²) in [4.78, 5) is 17.1. The Morgan fingerprint density at radius 1 is 1.09 bits per heavy atom. The molecule has 0 radical (unpaired) electrons. The monoisotopic (exact) mass is 424 g/mol. The lowest BCUT2D eigenvalue weighted by atomic mass is 10.0. The van der Waals surface area contributed by atoms with Crippen LogP contribution < -0.4 is 5.32 Å². The summed E-state index contributed by atoms with van der Waals surface area (Å²) in [6.45, 7) is 0. The number of amides is 2. The number of urea groups is 1. The third kappa shape index (κ3) is 3.91. The van der Waals surface area contributed by atoms with Gasteiger partial charge in [-0.3, -0.25) is 0 Å². The maximum Gasteiger partial charge on any atom is 0.342 e. The van der Waals surface area contributed by atoms with Crippen LogP contribution in [0.5, 0.6) is 0 Å². The molecule has 32 heavy (non-hydrogen) atoms. The van der Waals surface area contributed by atoms with Crippen molar-refractivity contribution in [3.63, 3.8) is 0 Å². The number of carbonyl (C=O) groups excluding carboxylic acids is 1. The number of aromatic nitrogens is 3. The van der Waals surface area contributed by atoms with E-state index in [-0.39, 0.29) is 11.9 Å². The highest BCUT2D eigenvalue weighted by molar-refractivity contribution is 5.91. The first-order valence-corrected chi connectivity index (χ1v) is 9.96. The van der Waals surface area contributed by atoms with E-state index in [1.165, 1.54) is 17.1 Å². The van der Waals surface area contributed by atoms with Crippen molar-refractivity contribution in [1.82, 2.24) is 19.6 Å². The van der Waals surface area contributed by atoms with Gasteiger partial charge in [-0.05, 0) is 53.9 Å². The molecular weight excluding hydrogens is 407 g/mol. The fourth-order valence-electron chi connectivity index (χ4n) is 3.51.